The molecule has 15 heavy (non-hydrogen) atoms. The van der Waals surface area contributed by atoms with Crippen molar-refractivity contribution in [2.75, 3.05) is 42.6 Å². The van der Waals surface area contributed by atoms with E-state index < -0.39 is 0 Å². The second-order valence-corrected chi connectivity index (χ2v) is 6.30. The lowest BCUT2D eigenvalue weighted by Gasteiger charge is -2.29. The number of hydrogen-bond acceptors (Lipinski definition) is 4. The predicted molar refractivity (Wildman–Crippen MR) is 67.6 cm³/mol. The van der Waals surface area contributed by atoms with E-state index in [-0.39, 0.29) is 0 Å². The van der Waals surface area contributed by atoms with Gasteiger partial charge in [0.25, 0.3) is 0 Å². The molecule has 2 saturated heterocycles. The molecular formula is C10H18N2OS2. The van der Waals surface area contributed by atoms with Crippen LogP contribution in [0.4, 0.5) is 0 Å². The Morgan fingerprint density at radius 1 is 1.27 bits per heavy atom. The molecule has 1 atom stereocenters. The lowest BCUT2D eigenvalue weighted by Crippen LogP contribution is -2.44. The number of thioether (sulfide) groups is 2. The van der Waals surface area contributed by atoms with E-state index >= 15 is 0 Å². The Labute approximate surface area is 99.7 Å². The summed E-state index contributed by atoms with van der Waals surface area (Å²) in [6.45, 7) is 2.95. The highest BCUT2D eigenvalue weighted by Gasteiger charge is 2.21. The highest BCUT2D eigenvalue weighted by molar-refractivity contribution is 7.99. The fourth-order valence-corrected chi connectivity index (χ4v) is 3.76. The molecule has 1 unspecified atom stereocenters. The van der Waals surface area contributed by atoms with Crippen LogP contribution in [-0.4, -0.2) is 59.5 Å². The van der Waals surface area contributed by atoms with Crippen LogP contribution in [0.2, 0.25) is 0 Å². The molecule has 1 amide bonds. The maximum absolute atomic E-state index is 11.9. The van der Waals surface area contributed by atoms with E-state index in [4.69, 9.17) is 0 Å². The van der Waals surface area contributed by atoms with Crippen LogP contribution >= 0.6 is 23.5 Å². The van der Waals surface area contributed by atoms with E-state index in [1.807, 2.05) is 28.4 Å². The van der Waals surface area contributed by atoms with E-state index in [1.165, 1.54) is 5.75 Å². The van der Waals surface area contributed by atoms with Gasteiger partial charge in [0.05, 0.1) is 0 Å². The topological polar surface area (TPSA) is 32.3 Å². The number of carbonyl (C=O) groups excluding carboxylic acids is 1. The predicted octanol–water partition coefficient (Wildman–Crippen LogP) is 0.657. The number of rotatable bonds is 2. The molecule has 0 aromatic carbocycles. The van der Waals surface area contributed by atoms with Crippen molar-refractivity contribution in [2.24, 2.45) is 0 Å². The van der Waals surface area contributed by atoms with Crippen molar-refractivity contribution in [3.63, 3.8) is 0 Å². The van der Waals surface area contributed by atoms with E-state index in [0.29, 0.717) is 18.4 Å². The summed E-state index contributed by atoms with van der Waals surface area (Å²) in [4.78, 5) is 14.0. The molecule has 2 heterocycles. The molecule has 0 radical (unpaired) electrons. The zero-order valence-corrected chi connectivity index (χ0v) is 10.5. The Morgan fingerprint density at radius 2 is 2.07 bits per heavy atom. The minimum absolute atomic E-state index is 0.343. The van der Waals surface area contributed by atoms with E-state index in [9.17, 15) is 4.79 Å². The quantitative estimate of drug-likeness (QED) is 0.776. The third-order valence-corrected chi connectivity index (χ3v) is 4.86. The minimum atomic E-state index is 0.343. The number of nitrogens with one attached hydrogen (secondary N) is 1. The van der Waals surface area contributed by atoms with Crippen molar-refractivity contribution in [3.05, 3.63) is 0 Å². The lowest BCUT2D eigenvalue weighted by atomic mass is 10.2. The third-order valence-electron chi connectivity index (χ3n) is 2.78. The van der Waals surface area contributed by atoms with Crippen LogP contribution in [0.15, 0.2) is 0 Å². The van der Waals surface area contributed by atoms with Crippen molar-refractivity contribution in [3.8, 4) is 0 Å². The average Bonchev–Trinajstić information content (AvgIpc) is 2.31. The molecule has 2 fully saturated rings. The molecule has 0 bridgehead atoms. The number of hydrogen-bond donors (Lipinski definition) is 1. The van der Waals surface area contributed by atoms with Crippen LogP contribution in [0, 0.1) is 0 Å². The van der Waals surface area contributed by atoms with Gasteiger partial charge in [0.15, 0.2) is 0 Å². The maximum atomic E-state index is 11.9. The van der Waals surface area contributed by atoms with Crippen LogP contribution in [0.3, 0.4) is 0 Å². The summed E-state index contributed by atoms with van der Waals surface area (Å²) in [7, 11) is 0. The van der Waals surface area contributed by atoms with Crippen LogP contribution in [0.25, 0.3) is 0 Å². The molecule has 0 aromatic rings. The zero-order chi connectivity index (χ0) is 10.5. The zero-order valence-electron chi connectivity index (χ0n) is 8.91. The number of nitrogens with zero attached hydrogens (tertiary/aromatic N) is 1. The fourth-order valence-electron chi connectivity index (χ4n) is 1.90. The molecule has 5 heteroatoms. The van der Waals surface area contributed by atoms with Crippen LogP contribution in [0.5, 0.6) is 0 Å². The Kier molecular flexibility index (Phi) is 4.65. The average molecular weight is 246 g/mol. The molecule has 0 aliphatic carbocycles. The summed E-state index contributed by atoms with van der Waals surface area (Å²) in [5, 5.41) is 3.42. The molecule has 0 aromatic heterocycles. The first kappa shape index (κ1) is 11.6. The second kappa shape index (κ2) is 6.01. The molecule has 0 saturated carbocycles. The monoisotopic (exact) mass is 246 g/mol. The van der Waals surface area contributed by atoms with Gasteiger partial charge in [-0.2, -0.15) is 23.5 Å². The summed E-state index contributed by atoms with van der Waals surface area (Å²) in [5.74, 6) is 4.84. The molecule has 2 aliphatic heterocycles. The van der Waals surface area contributed by atoms with Gasteiger partial charge in [0.1, 0.15) is 0 Å². The summed E-state index contributed by atoms with van der Waals surface area (Å²) in [5.41, 5.74) is 0. The van der Waals surface area contributed by atoms with E-state index in [1.54, 1.807) is 0 Å². The molecular weight excluding hydrogens is 228 g/mol. The molecule has 1 N–H and O–H groups in total. The van der Waals surface area contributed by atoms with Gasteiger partial charge < -0.3 is 10.2 Å². The van der Waals surface area contributed by atoms with Gasteiger partial charge in [-0.05, 0) is 0 Å². The van der Waals surface area contributed by atoms with Gasteiger partial charge >= 0.3 is 0 Å². The van der Waals surface area contributed by atoms with Gasteiger partial charge in [-0.1, -0.05) is 0 Å². The minimum Gasteiger partial charge on any atom is -0.341 e. The third kappa shape index (κ3) is 3.57. The first-order valence-electron chi connectivity index (χ1n) is 5.53. The summed E-state index contributed by atoms with van der Waals surface area (Å²) in [6, 6.07) is 0.408. The molecule has 2 aliphatic rings. The van der Waals surface area contributed by atoms with Crippen LogP contribution in [-0.2, 0) is 4.79 Å². The van der Waals surface area contributed by atoms with E-state index in [0.717, 1.165) is 36.9 Å². The summed E-state index contributed by atoms with van der Waals surface area (Å²) >= 11 is 3.90. The van der Waals surface area contributed by atoms with Crippen LogP contribution in [0.1, 0.15) is 6.42 Å². The molecule has 86 valence electrons. The van der Waals surface area contributed by atoms with Crippen molar-refractivity contribution >= 4 is 29.4 Å². The normalized spacial score (nSPS) is 27.7. The van der Waals surface area contributed by atoms with Gasteiger partial charge in [0.2, 0.25) is 5.91 Å². The van der Waals surface area contributed by atoms with Crippen LogP contribution < -0.4 is 5.32 Å². The standard InChI is InChI=1S/C10H18N2OS2/c13-10(12-2-5-14-6-3-12)7-9-8-15-4-1-11-9/h9,11H,1-8H2. The molecule has 3 nitrogen and oxygen atoms in total. The SMILES string of the molecule is O=C(CC1CSCCN1)N1CCSCC1. The van der Waals surface area contributed by atoms with Gasteiger partial charge in [-0.3, -0.25) is 4.79 Å². The lowest BCUT2D eigenvalue weighted by molar-refractivity contribution is -0.131. The Hall–Kier alpha value is 0.130. The van der Waals surface area contributed by atoms with Crippen molar-refractivity contribution in [1.29, 1.82) is 0 Å². The summed E-state index contributed by atoms with van der Waals surface area (Å²) in [6.07, 6.45) is 0.692. The fraction of sp³-hybridized carbons (Fsp3) is 0.900. The largest absolute Gasteiger partial charge is 0.341 e. The Morgan fingerprint density at radius 3 is 2.73 bits per heavy atom. The van der Waals surface area contributed by atoms with Gasteiger partial charge in [-0.25, -0.2) is 0 Å². The highest BCUT2D eigenvalue weighted by atomic mass is 32.2. The van der Waals surface area contributed by atoms with Gasteiger partial charge in [-0.15, -0.1) is 0 Å². The van der Waals surface area contributed by atoms with Crippen molar-refractivity contribution < 1.29 is 4.79 Å². The maximum Gasteiger partial charge on any atom is 0.224 e. The van der Waals surface area contributed by atoms with Crippen molar-refractivity contribution in [1.82, 2.24) is 10.2 Å². The molecule has 0 spiro atoms. The first-order valence-corrected chi connectivity index (χ1v) is 7.84. The summed E-state index contributed by atoms with van der Waals surface area (Å²) < 4.78 is 0. The molecule has 2 rings (SSSR count). The smallest absolute Gasteiger partial charge is 0.224 e. The second-order valence-electron chi connectivity index (χ2n) is 3.92. The van der Waals surface area contributed by atoms with E-state index in [2.05, 4.69) is 5.32 Å². The number of carbonyl (C=O) groups is 1. The first-order chi connectivity index (χ1) is 7.36. The number of amides is 1. The highest BCUT2D eigenvalue weighted by Crippen LogP contribution is 2.14. The van der Waals surface area contributed by atoms with Crippen molar-refractivity contribution in [2.45, 2.75) is 12.5 Å². The Bertz CT molecular complexity index is 213. The Balaban J connectivity index is 1.74. The van der Waals surface area contributed by atoms with Gasteiger partial charge in [0, 0.05) is 55.1 Å².